The lowest BCUT2D eigenvalue weighted by Gasteiger charge is -2.06. The van der Waals surface area contributed by atoms with Gasteiger partial charge < -0.3 is 10.6 Å². The molecular formula is C11H13ClN2O. The second kappa shape index (κ2) is 3.74. The lowest BCUT2D eigenvalue weighted by Crippen LogP contribution is -2.23. The van der Waals surface area contributed by atoms with Crippen molar-refractivity contribution in [2.24, 2.45) is 0 Å². The summed E-state index contributed by atoms with van der Waals surface area (Å²) in [4.78, 5) is 11.7. The van der Waals surface area contributed by atoms with E-state index in [1.807, 2.05) is 12.1 Å². The Balaban J connectivity index is 0.000000853. The second-order valence-electron chi connectivity index (χ2n) is 3.89. The van der Waals surface area contributed by atoms with Crippen LogP contribution in [0.5, 0.6) is 0 Å². The standard InChI is InChI=1S/C11H12N2O.ClH/c14-11-8-2-1-3-9-10(8)7(6-13-9)4-5-12-11;/h1-3,7,13H,4-6H2,(H,12,14);1H. The van der Waals surface area contributed by atoms with Crippen LogP contribution in [0.25, 0.3) is 0 Å². The summed E-state index contributed by atoms with van der Waals surface area (Å²) in [5.74, 6) is 0.591. The minimum absolute atomic E-state index is 0. The normalized spacial score (nSPS) is 21.9. The molecule has 0 saturated heterocycles. The third kappa shape index (κ3) is 1.47. The molecular weight excluding hydrogens is 212 g/mol. The van der Waals surface area contributed by atoms with Gasteiger partial charge in [0.2, 0.25) is 0 Å². The maximum Gasteiger partial charge on any atom is 0.251 e. The van der Waals surface area contributed by atoms with Gasteiger partial charge in [0.1, 0.15) is 0 Å². The summed E-state index contributed by atoms with van der Waals surface area (Å²) in [5, 5.41) is 6.28. The number of halogens is 1. The van der Waals surface area contributed by atoms with Crippen molar-refractivity contribution in [3.8, 4) is 0 Å². The molecule has 1 amide bonds. The summed E-state index contributed by atoms with van der Waals surface area (Å²) >= 11 is 0. The molecule has 2 heterocycles. The zero-order chi connectivity index (χ0) is 9.54. The molecule has 1 aromatic rings. The van der Waals surface area contributed by atoms with Crippen LogP contribution >= 0.6 is 12.4 Å². The van der Waals surface area contributed by atoms with E-state index in [0.717, 1.165) is 30.8 Å². The van der Waals surface area contributed by atoms with Gasteiger partial charge >= 0.3 is 0 Å². The average Bonchev–Trinajstić information content (AvgIpc) is 2.53. The fraction of sp³-hybridized carbons (Fsp3) is 0.364. The van der Waals surface area contributed by atoms with Crippen LogP contribution < -0.4 is 10.6 Å². The Morgan fingerprint density at radius 2 is 2.13 bits per heavy atom. The highest BCUT2D eigenvalue weighted by atomic mass is 35.5. The first-order valence-corrected chi connectivity index (χ1v) is 5.01. The van der Waals surface area contributed by atoms with Gasteiger partial charge in [-0.25, -0.2) is 0 Å². The summed E-state index contributed by atoms with van der Waals surface area (Å²) in [6.45, 7) is 1.76. The van der Waals surface area contributed by atoms with Crippen LogP contribution in [0, 0.1) is 0 Å². The number of hydrogen-bond donors (Lipinski definition) is 2. The van der Waals surface area contributed by atoms with Crippen LogP contribution in [-0.4, -0.2) is 19.0 Å². The lowest BCUT2D eigenvalue weighted by atomic mass is 9.94. The molecule has 80 valence electrons. The predicted molar refractivity (Wildman–Crippen MR) is 61.9 cm³/mol. The number of anilines is 1. The molecule has 2 aliphatic rings. The summed E-state index contributed by atoms with van der Waals surface area (Å²) in [5.41, 5.74) is 3.22. The van der Waals surface area contributed by atoms with E-state index in [9.17, 15) is 4.79 Å². The molecule has 1 atom stereocenters. The molecule has 0 spiro atoms. The number of nitrogens with one attached hydrogen (secondary N) is 2. The number of amides is 1. The number of carbonyl (C=O) groups excluding carboxylic acids is 1. The van der Waals surface area contributed by atoms with Crippen molar-refractivity contribution in [2.75, 3.05) is 18.4 Å². The Bertz CT molecular complexity index is 406. The van der Waals surface area contributed by atoms with Crippen molar-refractivity contribution in [1.29, 1.82) is 0 Å². The van der Waals surface area contributed by atoms with E-state index in [2.05, 4.69) is 16.7 Å². The van der Waals surface area contributed by atoms with Crippen molar-refractivity contribution in [3.63, 3.8) is 0 Å². The van der Waals surface area contributed by atoms with Gasteiger partial charge in [0, 0.05) is 30.3 Å². The van der Waals surface area contributed by atoms with Gasteiger partial charge in [-0.1, -0.05) is 6.07 Å². The number of hydrogen-bond acceptors (Lipinski definition) is 2. The van der Waals surface area contributed by atoms with Crippen molar-refractivity contribution in [2.45, 2.75) is 12.3 Å². The van der Waals surface area contributed by atoms with E-state index >= 15 is 0 Å². The minimum atomic E-state index is 0. The molecule has 3 rings (SSSR count). The van der Waals surface area contributed by atoms with Crippen LogP contribution in [0.2, 0.25) is 0 Å². The van der Waals surface area contributed by atoms with E-state index in [4.69, 9.17) is 0 Å². The van der Waals surface area contributed by atoms with Gasteiger partial charge in [0.25, 0.3) is 5.91 Å². The van der Waals surface area contributed by atoms with Crippen LogP contribution in [0.1, 0.15) is 28.3 Å². The molecule has 1 unspecified atom stereocenters. The van der Waals surface area contributed by atoms with Crippen molar-refractivity contribution in [1.82, 2.24) is 5.32 Å². The largest absolute Gasteiger partial charge is 0.384 e. The SMILES string of the molecule is Cl.O=C1NCCC2CNc3cccc1c32. The smallest absolute Gasteiger partial charge is 0.251 e. The Morgan fingerprint density at radius 1 is 1.27 bits per heavy atom. The first kappa shape index (κ1) is 10.3. The summed E-state index contributed by atoms with van der Waals surface area (Å²) < 4.78 is 0. The first-order chi connectivity index (χ1) is 6.86. The number of carbonyl (C=O) groups is 1. The van der Waals surface area contributed by atoms with Gasteiger partial charge in [0.05, 0.1) is 0 Å². The molecule has 1 aromatic carbocycles. The molecule has 0 bridgehead atoms. The Hall–Kier alpha value is -1.22. The van der Waals surface area contributed by atoms with Crippen molar-refractivity contribution in [3.05, 3.63) is 29.3 Å². The average molecular weight is 225 g/mol. The van der Waals surface area contributed by atoms with Crippen molar-refractivity contribution >= 4 is 24.0 Å². The van der Waals surface area contributed by atoms with Crippen LogP contribution in [0.4, 0.5) is 5.69 Å². The highest BCUT2D eigenvalue weighted by Crippen LogP contribution is 2.37. The zero-order valence-corrected chi connectivity index (χ0v) is 9.06. The van der Waals surface area contributed by atoms with E-state index in [1.165, 1.54) is 5.56 Å². The molecule has 0 fully saturated rings. The Morgan fingerprint density at radius 3 is 3.00 bits per heavy atom. The van der Waals surface area contributed by atoms with Gasteiger partial charge in [-0.2, -0.15) is 0 Å². The maximum absolute atomic E-state index is 11.7. The summed E-state index contributed by atoms with van der Waals surface area (Å²) in [6.07, 6.45) is 1.04. The molecule has 0 radical (unpaired) electrons. The molecule has 3 nitrogen and oxygen atoms in total. The molecule has 0 aliphatic carbocycles. The van der Waals surface area contributed by atoms with Crippen LogP contribution in [-0.2, 0) is 0 Å². The minimum Gasteiger partial charge on any atom is -0.384 e. The van der Waals surface area contributed by atoms with Gasteiger partial charge in [0.15, 0.2) is 0 Å². The van der Waals surface area contributed by atoms with E-state index < -0.39 is 0 Å². The highest BCUT2D eigenvalue weighted by molar-refractivity contribution is 5.98. The lowest BCUT2D eigenvalue weighted by molar-refractivity contribution is 0.0956. The second-order valence-corrected chi connectivity index (χ2v) is 3.89. The van der Waals surface area contributed by atoms with E-state index in [0.29, 0.717) is 5.92 Å². The third-order valence-corrected chi connectivity index (χ3v) is 3.08. The van der Waals surface area contributed by atoms with Crippen LogP contribution in [0.15, 0.2) is 18.2 Å². The van der Waals surface area contributed by atoms with Crippen molar-refractivity contribution < 1.29 is 4.79 Å². The predicted octanol–water partition coefficient (Wildman–Crippen LogP) is 1.75. The Kier molecular flexibility index (Phi) is 2.57. The third-order valence-electron chi connectivity index (χ3n) is 3.08. The molecule has 0 aromatic heterocycles. The number of benzene rings is 1. The zero-order valence-electron chi connectivity index (χ0n) is 8.25. The molecule has 0 saturated carbocycles. The quantitative estimate of drug-likeness (QED) is 0.705. The van der Waals surface area contributed by atoms with Crippen LogP contribution in [0.3, 0.4) is 0 Å². The monoisotopic (exact) mass is 224 g/mol. The highest BCUT2D eigenvalue weighted by Gasteiger charge is 2.29. The summed E-state index contributed by atoms with van der Waals surface area (Å²) in [7, 11) is 0. The topological polar surface area (TPSA) is 41.1 Å². The first-order valence-electron chi connectivity index (χ1n) is 5.01. The number of rotatable bonds is 0. The van der Waals surface area contributed by atoms with Gasteiger partial charge in [-0.15, -0.1) is 12.4 Å². The molecule has 4 heteroatoms. The maximum atomic E-state index is 11.7. The summed E-state index contributed by atoms with van der Waals surface area (Å²) in [6, 6.07) is 5.91. The molecule has 2 aliphatic heterocycles. The van der Waals surface area contributed by atoms with E-state index in [-0.39, 0.29) is 18.3 Å². The van der Waals surface area contributed by atoms with Gasteiger partial charge in [-0.3, -0.25) is 4.79 Å². The van der Waals surface area contributed by atoms with Gasteiger partial charge in [-0.05, 0) is 24.1 Å². The molecule has 2 N–H and O–H groups in total. The Labute approximate surface area is 94.7 Å². The molecule has 15 heavy (non-hydrogen) atoms. The fourth-order valence-corrected chi connectivity index (χ4v) is 2.39. The fourth-order valence-electron chi connectivity index (χ4n) is 2.39. The van der Waals surface area contributed by atoms with E-state index in [1.54, 1.807) is 0 Å².